The van der Waals surface area contributed by atoms with Crippen molar-refractivity contribution in [2.45, 2.75) is 13.0 Å². The molecule has 3 amide bonds. The van der Waals surface area contributed by atoms with E-state index in [4.69, 9.17) is 4.74 Å². The zero-order chi connectivity index (χ0) is 31.8. The van der Waals surface area contributed by atoms with Crippen LogP contribution in [0.15, 0.2) is 97.8 Å². The molecule has 0 unspecified atom stereocenters. The number of benzene rings is 3. The van der Waals surface area contributed by atoms with Gasteiger partial charge in [0.05, 0.1) is 24.5 Å². The summed E-state index contributed by atoms with van der Waals surface area (Å²) in [6.45, 7) is 9.33. The highest BCUT2D eigenvalue weighted by atomic mass is 32.1. The van der Waals surface area contributed by atoms with Crippen LogP contribution in [0.2, 0.25) is 0 Å². The Morgan fingerprint density at radius 1 is 0.978 bits per heavy atom. The van der Waals surface area contributed by atoms with Gasteiger partial charge < -0.3 is 30.5 Å². The van der Waals surface area contributed by atoms with E-state index in [1.165, 1.54) is 17.3 Å². The SMILES string of the molecule is C=CC(=O)Nc1cccc(N(C(=O)N[C@@H](C)c2ccccc2)c2cc(Nc3ccc(N4CCN(C)CC4)cc3OC)ncn2)c1.S. The Morgan fingerprint density at radius 3 is 2.46 bits per heavy atom. The van der Waals surface area contributed by atoms with Crippen molar-refractivity contribution in [2.75, 3.05) is 60.8 Å². The third-order valence-electron chi connectivity index (χ3n) is 7.60. The van der Waals surface area contributed by atoms with Crippen LogP contribution >= 0.6 is 13.5 Å². The second-order valence-electron chi connectivity index (χ2n) is 10.7. The highest BCUT2D eigenvalue weighted by Gasteiger charge is 2.23. The number of likely N-dealkylation sites (N-methyl/N-ethyl adjacent to an activating group) is 1. The largest absolute Gasteiger partial charge is 0.494 e. The predicted octanol–water partition coefficient (Wildman–Crippen LogP) is 5.83. The highest BCUT2D eigenvalue weighted by molar-refractivity contribution is 7.59. The average Bonchev–Trinajstić information content (AvgIpc) is 3.06. The van der Waals surface area contributed by atoms with Crippen LogP contribution in [0.1, 0.15) is 18.5 Å². The van der Waals surface area contributed by atoms with E-state index in [1.54, 1.807) is 37.4 Å². The molecule has 0 aliphatic carbocycles. The Morgan fingerprint density at radius 2 is 1.74 bits per heavy atom. The van der Waals surface area contributed by atoms with Crippen molar-refractivity contribution >= 4 is 59.8 Å². The third-order valence-corrected chi connectivity index (χ3v) is 7.60. The summed E-state index contributed by atoms with van der Waals surface area (Å²) in [7, 11) is 3.77. The maximum Gasteiger partial charge on any atom is 0.328 e. The predicted molar refractivity (Wildman–Crippen MR) is 189 cm³/mol. The van der Waals surface area contributed by atoms with Gasteiger partial charge >= 0.3 is 6.03 Å². The van der Waals surface area contributed by atoms with Gasteiger partial charge in [0.25, 0.3) is 0 Å². The molecule has 1 aliphatic heterocycles. The quantitative estimate of drug-likeness (QED) is 0.186. The van der Waals surface area contributed by atoms with Crippen LogP contribution in [0, 0.1) is 0 Å². The van der Waals surface area contributed by atoms with Crippen molar-refractivity contribution in [3.63, 3.8) is 0 Å². The van der Waals surface area contributed by atoms with Crippen LogP contribution in [-0.4, -0.2) is 67.1 Å². The molecule has 5 rings (SSSR count). The van der Waals surface area contributed by atoms with Crippen LogP contribution in [0.25, 0.3) is 0 Å². The van der Waals surface area contributed by atoms with Crippen molar-refractivity contribution in [3.8, 4) is 5.75 Å². The monoisotopic (exact) mass is 640 g/mol. The fourth-order valence-corrected chi connectivity index (χ4v) is 5.06. The normalized spacial score (nSPS) is 13.5. The summed E-state index contributed by atoms with van der Waals surface area (Å²) in [5, 5.41) is 9.15. The molecule has 1 fully saturated rings. The van der Waals surface area contributed by atoms with Crippen molar-refractivity contribution in [2.24, 2.45) is 0 Å². The second-order valence-corrected chi connectivity index (χ2v) is 10.7. The first-order valence-electron chi connectivity index (χ1n) is 14.7. The maximum absolute atomic E-state index is 13.9. The molecule has 1 saturated heterocycles. The van der Waals surface area contributed by atoms with Gasteiger partial charge in [-0.05, 0) is 55.9 Å². The summed E-state index contributed by atoms with van der Waals surface area (Å²) in [6.07, 6.45) is 2.58. The summed E-state index contributed by atoms with van der Waals surface area (Å²) < 4.78 is 5.74. The Kier molecular flexibility index (Phi) is 11.6. The number of hydrogen-bond acceptors (Lipinski definition) is 8. The van der Waals surface area contributed by atoms with Crippen molar-refractivity contribution in [1.82, 2.24) is 20.2 Å². The molecule has 240 valence electrons. The summed E-state index contributed by atoms with van der Waals surface area (Å²) >= 11 is 0. The first-order valence-corrected chi connectivity index (χ1v) is 14.7. The number of methoxy groups -OCH3 is 1. The average molecular weight is 641 g/mol. The van der Waals surface area contributed by atoms with Gasteiger partial charge in [-0.2, -0.15) is 13.5 Å². The van der Waals surface area contributed by atoms with Crippen LogP contribution in [-0.2, 0) is 4.79 Å². The molecule has 3 N–H and O–H groups in total. The van der Waals surface area contributed by atoms with Crippen LogP contribution < -0.4 is 30.5 Å². The van der Waals surface area contributed by atoms with Gasteiger partial charge in [0.2, 0.25) is 5.91 Å². The van der Waals surface area contributed by atoms with Gasteiger partial charge in [0.15, 0.2) is 0 Å². The second kappa shape index (κ2) is 15.8. The van der Waals surface area contributed by atoms with E-state index in [0.717, 1.165) is 43.1 Å². The molecule has 46 heavy (non-hydrogen) atoms. The number of ether oxygens (including phenoxy) is 1. The molecule has 3 aromatic carbocycles. The lowest BCUT2D eigenvalue weighted by Gasteiger charge is -2.34. The standard InChI is InChI=1S/C34H38N8O3.H2S/c1-5-33(43)38-26-12-9-13-28(20-26)42(34(44)37-24(2)25-10-7-6-8-11-25)32-22-31(35-23-36-32)39-29-15-14-27(21-30(29)45-4)41-18-16-40(3)17-19-41;/h5-15,20-24H,1,16-19H2,2-4H3,(H,37,44)(H,38,43)(H,35,36,39);1H2/t24-;/m0./s1. The maximum atomic E-state index is 13.9. The summed E-state index contributed by atoms with van der Waals surface area (Å²) in [6, 6.07) is 23.7. The molecule has 0 spiro atoms. The zero-order valence-electron chi connectivity index (χ0n) is 26.2. The van der Waals surface area contributed by atoms with Crippen molar-refractivity contribution in [1.29, 1.82) is 0 Å². The van der Waals surface area contributed by atoms with Crippen LogP contribution in [0.4, 0.5) is 39.2 Å². The minimum atomic E-state index is -0.405. The van der Waals surface area contributed by atoms with E-state index in [9.17, 15) is 9.59 Å². The minimum absolute atomic E-state index is 0. The topological polar surface area (TPSA) is 115 Å². The molecule has 11 nitrogen and oxygen atoms in total. The number of urea groups is 1. The van der Waals surface area contributed by atoms with E-state index in [2.05, 4.69) is 55.4 Å². The van der Waals surface area contributed by atoms with Crippen molar-refractivity contribution in [3.05, 3.63) is 103 Å². The molecule has 1 atom stereocenters. The zero-order valence-corrected chi connectivity index (χ0v) is 27.2. The molecule has 12 heteroatoms. The van der Waals surface area contributed by atoms with Gasteiger partial charge in [-0.15, -0.1) is 0 Å². The van der Waals surface area contributed by atoms with Crippen LogP contribution in [0.5, 0.6) is 5.75 Å². The smallest absolute Gasteiger partial charge is 0.328 e. The molecule has 2 heterocycles. The lowest BCUT2D eigenvalue weighted by molar-refractivity contribution is -0.111. The first kappa shape index (κ1) is 33.8. The summed E-state index contributed by atoms with van der Waals surface area (Å²) in [4.78, 5) is 40.9. The third kappa shape index (κ3) is 8.34. The number of hydrogen-bond donors (Lipinski definition) is 3. The number of carbonyl (C=O) groups excluding carboxylic acids is 2. The van der Waals surface area contributed by atoms with E-state index in [1.807, 2.05) is 49.4 Å². The number of anilines is 6. The molecule has 0 bridgehead atoms. The number of nitrogens with one attached hydrogen (secondary N) is 3. The molecule has 1 aliphatic rings. The molecule has 1 aromatic heterocycles. The van der Waals surface area contributed by atoms with E-state index in [-0.39, 0.29) is 25.4 Å². The minimum Gasteiger partial charge on any atom is -0.494 e. The van der Waals surface area contributed by atoms with Gasteiger partial charge in [-0.25, -0.2) is 19.7 Å². The molecule has 0 saturated carbocycles. The summed E-state index contributed by atoms with van der Waals surface area (Å²) in [5.41, 5.74) is 3.77. The van der Waals surface area contributed by atoms with Gasteiger partial charge in [-0.1, -0.05) is 43.0 Å². The Labute approximate surface area is 276 Å². The molecule has 0 radical (unpaired) electrons. The Balaban J connectivity index is 0.00000480. The van der Waals surface area contributed by atoms with E-state index < -0.39 is 6.03 Å². The lowest BCUT2D eigenvalue weighted by Crippen LogP contribution is -2.44. The number of aromatic nitrogens is 2. The number of amides is 3. The fraction of sp³-hybridized carbons (Fsp3) is 0.235. The van der Waals surface area contributed by atoms with Crippen molar-refractivity contribution < 1.29 is 14.3 Å². The van der Waals surface area contributed by atoms with Gasteiger partial charge in [-0.3, -0.25) is 4.79 Å². The van der Waals surface area contributed by atoms with Gasteiger partial charge in [0, 0.05) is 49.7 Å². The number of rotatable bonds is 10. The molecule has 4 aromatic rings. The van der Waals surface area contributed by atoms with Gasteiger partial charge in [0.1, 0.15) is 23.7 Å². The number of piperazine rings is 1. The van der Waals surface area contributed by atoms with Crippen LogP contribution in [0.3, 0.4) is 0 Å². The fourth-order valence-electron chi connectivity index (χ4n) is 5.06. The highest BCUT2D eigenvalue weighted by Crippen LogP contribution is 2.34. The van der Waals surface area contributed by atoms with E-state index in [0.29, 0.717) is 28.8 Å². The molecular formula is C34H40N8O3S. The Hall–Kier alpha value is -5.07. The summed E-state index contributed by atoms with van der Waals surface area (Å²) in [5.74, 6) is 1.10. The Bertz CT molecular complexity index is 1650. The lowest BCUT2D eigenvalue weighted by atomic mass is 10.1. The number of nitrogens with zero attached hydrogens (tertiary/aromatic N) is 5. The first-order chi connectivity index (χ1) is 21.8. The van der Waals surface area contributed by atoms with E-state index >= 15 is 0 Å². The molecular weight excluding hydrogens is 600 g/mol. The number of carbonyl (C=O) groups is 2.